The van der Waals surface area contributed by atoms with E-state index in [2.05, 4.69) is 4.72 Å². The Balaban J connectivity index is 2.17. The second-order valence-electron chi connectivity index (χ2n) is 5.42. The van der Waals surface area contributed by atoms with Crippen LogP contribution < -0.4 is 10.5 Å². The molecule has 1 saturated carbocycles. The van der Waals surface area contributed by atoms with Gasteiger partial charge >= 0.3 is 0 Å². The van der Waals surface area contributed by atoms with Gasteiger partial charge in [0.25, 0.3) is 0 Å². The molecule has 0 bridgehead atoms. The van der Waals surface area contributed by atoms with Crippen LogP contribution in [0.2, 0.25) is 0 Å². The Labute approximate surface area is 121 Å². The van der Waals surface area contributed by atoms with Crippen LogP contribution >= 0.6 is 0 Å². The Bertz CT molecular complexity index is 629. The molecule has 0 radical (unpaired) electrons. The number of halogens is 3. The quantitative estimate of drug-likeness (QED) is 0.833. The lowest BCUT2D eigenvalue weighted by molar-refractivity contribution is 0.296. The minimum atomic E-state index is -4.28. The molecule has 0 saturated heterocycles. The topological polar surface area (TPSA) is 72.2 Å². The lowest BCUT2D eigenvalue weighted by Crippen LogP contribution is -2.51. The fourth-order valence-corrected chi connectivity index (χ4v) is 3.67. The lowest BCUT2D eigenvalue weighted by Gasteiger charge is -2.33. The van der Waals surface area contributed by atoms with E-state index in [1.807, 2.05) is 0 Å². The molecule has 1 aliphatic rings. The summed E-state index contributed by atoms with van der Waals surface area (Å²) in [7, 11) is -4.28. The molecule has 1 aliphatic carbocycles. The SMILES string of the molecule is NC1(CNS(=O)(=O)c2ccc(F)c(F)c2F)CCCCC1. The van der Waals surface area contributed by atoms with Crippen LogP contribution in [0.5, 0.6) is 0 Å². The molecule has 1 fully saturated rings. The average molecular weight is 322 g/mol. The van der Waals surface area contributed by atoms with Gasteiger partial charge in [-0.05, 0) is 25.0 Å². The monoisotopic (exact) mass is 322 g/mol. The minimum absolute atomic E-state index is 0.0617. The second kappa shape index (κ2) is 5.94. The Morgan fingerprint density at radius 3 is 2.33 bits per heavy atom. The molecule has 1 aromatic rings. The van der Waals surface area contributed by atoms with Gasteiger partial charge < -0.3 is 5.73 Å². The molecule has 0 amide bonds. The molecule has 21 heavy (non-hydrogen) atoms. The first-order chi connectivity index (χ1) is 9.75. The smallest absolute Gasteiger partial charge is 0.243 e. The van der Waals surface area contributed by atoms with Gasteiger partial charge in [0, 0.05) is 12.1 Å². The first kappa shape index (κ1) is 16.3. The van der Waals surface area contributed by atoms with Gasteiger partial charge in [-0.2, -0.15) is 0 Å². The van der Waals surface area contributed by atoms with E-state index in [1.165, 1.54) is 0 Å². The Kier molecular flexibility index (Phi) is 4.60. The van der Waals surface area contributed by atoms with Crippen molar-refractivity contribution in [1.82, 2.24) is 4.72 Å². The second-order valence-corrected chi connectivity index (χ2v) is 7.16. The van der Waals surface area contributed by atoms with Crippen molar-refractivity contribution in [3.63, 3.8) is 0 Å². The van der Waals surface area contributed by atoms with Crippen molar-refractivity contribution >= 4 is 10.0 Å². The Hall–Kier alpha value is -1.12. The number of benzene rings is 1. The Morgan fingerprint density at radius 2 is 1.71 bits per heavy atom. The van der Waals surface area contributed by atoms with E-state index in [4.69, 9.17) is 5.73 Å². The third-order valence-corrected chi connectivity index (χ3v) is 5.17. The fraction of sp³-hybridized carbons (Fsp3) is 0.538. The average Bonchev–Trinajstić information content (AvgIpc) is 2.44. The maximum atomic E-state index is 13.6. The zero-order valence-corrected chi connectivity index (χ0v) is 12.1. The van der Waals surface area contributed by atoms with Crippen molar-refractivity contribution in [3.05, 3.63) is 29.6 Å². The van der Waals surface area contributed by atoms with Gasteiger partial charge in [0.1, 0.15) is 4.90 Å². The van der Waals surface area contributed by atoms with Crippen LogP contribution in [0.4, 0.5) is 13.2 Å². The highest BCUT2D eigenvalue weighted by Crippen LogP contribution is 2.26. The zero-order valence-electron chi connectivity index (χ0n) is 11.3. The van der Waals surface area contributed by atoms with Crippen molar-refractivity contribution in [2.24, 2.45) is 5.73 Å². The predicted molar refractivity (Wildman–Crippen MR) is 71.5 cm³/mol. The van der Waals surface area contributed by atoms with Gasteiger partial charge in [0.2, 0.25) is 10.0 Å². The maximum Gasteiger partial charge on any atom is 0.243 e. The van der Waals surface area contributed by atoms with Crippen LogP contribution in [0.15, 0.2) is 17.0 Å². The van der Waals surface area contributed by atoms with Gasteiger partial charge in [-0.15, -0.1) is 0 Å². The molecule has 0 unspecified atom stereocenters. The lowest BCUT2D eigenvalue weighted by atomic mass is 9.83. The van der Waals surface area contributed by atoms with Crippen molar-refractivity contribution in [3.8, 4) is 0 Å². The summed E-state index contributed by atoms with van der Waals surface area (Å²) < 4.78 is 65.7. The van der Waals surface area contributed by atoms with Crippen LogP contribution in [0.25, 0.3) is 0 Å². The maximum absolute atomic E-state index is 13.6. The van der Waals surface area contributed by atoms with E-state index in [1.54, 1.807) is 0 Å². The van der Waals surface area contributed by atoms with E-state index in [-0.39, 0.29) is 6.54 Å². The third-order valence-electron chi connectivity index (χ3n) is 3.75. The van der Waals surface area contributed by atoms with Crippen LogP contribution in [0, 0.1) is 17.5 Å². The number of hydrogen-bond acceptors (Lipinski definition) is 3. The van der Waals surface area contributed by atoms with E-state index in [0.29, 0.717) is 25.0 Å². The number of nitrogens with one attached hydrogen (secondary N) is 1. The van der Waals surface area contributed by atoms with Crippen molar-refractivity contribution < 1.29 is 21.6 Å². The third kappa shape index (κ3) is 3.56. The predicted octanol–water partition coefficient (Wildman–Crippen LogP) is 2.04. The minimum Gasteiger partial charge on any atom is -0.324 e. The summed E-state index contributed by atoms with van der Waals surface area (Å²) in [5, 5.41) is 0. The number of rotatable bonds is 4. The van der Waals surface area contributed by atoms with Gasteiger partial charge in [0.15, 0.2) is 17.5 Å². The van der Waals surface area contributed by atoms with Crippen molar-refractivity contribution in [2.75, 3.05) is 6.54 Å². The highest BCUT2D eigenvalue weighted by molar-refractivity contribution is 7.89. The van der Waals surface area contributed by atoms with E-state index in [0.717, 1.165) is 19.3 Å². The molecule has 3 N–H and O–H groups in total. The van der Waals surface area contributed by atoms with Gasteiger partial charge in [0.05, 0.1) is 0 Å². The molecule has 0 heterocycles. The van der Waals surface area contributed by atoms with E-state index >= 15 is 0 Å². The summed E-state index contributed by atoms with van der Waals surface area (Å²) in [6.07, 6.45) is 4.17. The first-order valence-electron chi connectivity index (χ1n) is 6.67. The first-order valence-corrected chi connectivity index (χ1v) is 8.16. The van der Waals surface area contributed by atoms with Crippen molar-refractivity contribution in [2.45, 2.75) is 42.5 Å². The zero-order chi connectivity index (χ0) is 15.7. The van der Waals surface area contributed by atoms with Gasteiger partial charge in [-0.3, -0.25) is 0 Å². The molecule has 4 nitrogen and oxygen atoms in total. The molecule has 2 rings (SSSR count). The van der Waals surface area contributed by atoms with Crippen LogP contribution in [0.3, 0.4) is 0 Å². The summed E-state index contributed by atoms with van der Waals surface area (Å²) in [4.78, 5) is -0.916. The van der Waals surface area contributed by atoms with Crippen LogP contribution in [-0.4, -0.2) is 20.5 Å². The van der Waals surface area contributed by atoms with Crippen molar-refractivity contribution in [1.29, 1.82) is 0 Å². The number of sulfonamides is 1. The summed E-state index contributed by atoms with van der Waals surface area (Å²) >= 11 is 0. The molecular weight excluding hydrogens is 305 g/mol. The summed E-state index contributed by atoms with van der Waals surface area (Å²) in [6, 6.07) is 1.27. The summed E-state index contributed by atoms with van der Waals surface area (Å²) in [6.45, 7) is -0.0617. The fourth-order valence-electron chi connectivity index (χ4n) is 2.46. The largest absolute Gasteiger partial charge is 0.324 e. The van der Waals surface area contributed by atoms with Gasteiger partial charge in [-0.25, -0.2) is 26.3 Å². The molecular formula is C13H17F3N2O2S. The standard InChI is InChI=1S/C13H17F3N2O2S/c14-9-4-5-10(12(16)11(9)15)21(19,20)18-8-13(17)6-2-1-3-7-13/h4-5,18H,1-3,6-8,17H2. The Morgan fingerprint density at radius 1 is 1.10 bits per heavy atom. The molecule has 0 spiro atoms. The summed E-state index contributed by atoms with van der Waals surface area (Å²) in [5.74, 6) is -4.97. The molecule has 1 aromatic carbocycles. The highest BCUT2D eigenvalue weighted by Gasteiger charge is 2.31. The normalized spacial score (nSPS) is 18.7. The van der Waals surface area contributed by atoms with Gasteiger partial charge in [-0.1, -0.05) is 19.3 Å². The highest BCUT2D eigenvalue weighted by atomic mass is 32.2. The van der Waals surface area contributed by atoms with Crippen LogP contribution in [0.1, 0.15) is 32.1 Å². The summed E-state index contributed by atoms with van der Waals surface area (Å²) in [5.41, 5.74) is 5.40. The van der Waals surface area contributed by atoms with Crippen LogP contribution in [-0.2, 0) is 10.0 Å². The van der Waals surface area contributed by atoms with E-state index in [9.17, 15) is 21.6 Å². The molecule has 0 atom stereocenters. The van der Waals surface area contributed by atoms with E-state index < -0.39 is 37.9 Å². The number of nitrogens with two attached hydrogens (primary N) is 1. The molecule has 8 heteroatoms. The molecule has 0 aliphatic heterocycles. The molecule has 0 aromatic heterocycles. The molecule has 118 valence electrons. The number of hydrogen-bond donors (Lipinski definition) is 2.